The molecule has 2 rings (SSSR count). The zero-order chi connectivity index (χ0) is 12.6. The van der Waals surface area contributed by atoms with Gasteiger partial charge in [0.1, 0.15) is 11.6 Å². The highest BCUT2D eigenvalue weighted by molar-refractivity contribution is 6.30. The summed E-state index contributed by atoms with van der Waals surface area (Å²) in [6.45, 7) is 0. The second-order valence-electron chi connectivity index (χ2n) is 4.35. The Morgan fingerprint density at radius 2 is 1.94 bits per heavy atom. The summed E-state index contributed by atoms with van der Waals surface area (Å²) < 4.78 is 14.0. The van der Waals surface area contributed by atoms with Crippen LogP contribution < -0.4 is 0 Å². The second kappa shape index (κ2) is 4.18. The number of phenols is 1. The number of aliphatic carboxylic acids is 1. The number of benzene rings is 1. The van der Waals surface area contributed by atoms with Crippen molar-refractivity contribution >= 4 is 17.6 Å². The summed E-state index contributed by atoms with van der Waals surface area (Å²) in [5.74, 6) is -2.27. The average Bonchev–Trinajstić information content (AvgIpc) is 2.74. The molecule has 3 nitrogen and oxygen atoms in total. The van der Waals surface area contributed by atoms with Gasteiger partial charge in [-0.2, -0.15) is 0 Å². The fourth-order valence-electron chi connectivity index (χ4n) is 2.55. The maximum atomic E-state index is 14.0. The molecule has 0 aliphatic heterocycles. The maximum absolute atomic E-state index is 14.0. The summed E-state index contributed by atoms with van der Waals surface area (Å²) in [4.78, 5) is 11.4. The number of carboxylic acids is 1. The molecule has 0 spiro atoms. The molecule has 0 heterocycles. The van der Waals surface area contributed by atoms with Gasteiger partial charge in [-0.15, -0.1) is 0 Å². The Bertz CT molecular complexity index is 467. The van der Waals surface area contributed by atoms with Crippen molar-refractivity contribution in [2.75, 3.05) is 0 Å². The highest BCUT2D eigenvalue weighted by Gasteiger charge is 2.46. The summed E-state index contributed by atoms with van der Waals surface area (Å²) in [5.41, 5.74) is -1.51. The van der Waals surface area contributed by atoms with Crippen molar-refractivity contribution < 1.29 is 19.4 Å². The quantitative estimate of drug-likeness (QED) is 0.857. The smallest absolute Gasteiger partial charge is 0.314 e. The Hall–Kier alpha value is -1.29. The number of hydrogen-bond donors (Lipinski definition) is 2. The molecule has 1 aliphatic carbocycles. The zero-order valence-corrected chi connectivity index (χ0v) is 9.80. The molecule has 0 amide bonds. The molecular formula is C12H12ClFO3. The molecule has 0 atom stereocenters. The second-order valence-corrected chi connectivity index (χ2v) is 4.76. The van der Waals surface area contributed by atoms with Gasteiger partial charge in [-0.05, 0) is 25.0 Å². The summed E-state index contributed by atoms with van der Waals surface area (Å²) >= 11 is 5.65. The van der Waals surface area contributed by atoms with Crippen LogP contribution in [0.5, 0.6) is 5.75 Å². The van der Waals surface area contributed by atoms with Crippen LogP contribution in [0.3, 0.4) is 0 Å². The molecule has 2 N–H and O–H groups in total. The van der Waals surface area contributed by atoms with Crippen molar-refractivity contribution in [2.45, 2.75) is 31.1 Å². The van der Waals surface area contributed by atoms with E-state index in [-0.39, 0.29) is 16.3 Å². The van der Waals surface area contributed by atoms with E-state index in [1.807, 2.05) is 0 Å². The summed E-state index contributed by atoms with van der Waals surface area (Å²) in [6, 6.07) is 2.46. The van der Waals surface area contributed by atoms with Crippen LogP contribution in [0.25, 0.3) is 0 Å². The molecule has 1 aliphatic rings. The number of carboxylic acid groups (broad SMARTS) is 1. The molecule has 0 unspecified atom stereocenters. The SMILES string of the molecule is O=C(O)C1(c2c(O)ccc(Cl)c2F)CCCC1. The Labute approximate surface area is 103 Å². The van der Waals surface area contributed by atoms with Gasteiger partial charge in [-0.1, -0.05) is 24.4 Å². The average molecular weight is 259 g/mol. The Morgan fingerprint density at radius 3 is 2.47 bits per heavy atom. The molecule has 1 aromatic rings. The van der Waals surface area contributed by atoms with E-state index in [1.54, 1.807) is 0 Å². The lowest BCUT2D eigenvalue weighted by molar-refractivity contribution is -0.143. The standard InChI is InChI=1S/C12H12ClFO3/c13-7-3-4-8(15)9(10(7)14)12(11(16)17)5-1-2-6-12/h3-4,15H,1-2,5-6H2,(H,16,17). The molecule has 1 fully saturated rings. The molecule has 0 radical (unpaired) electrons. The van der Waals surface area contributed by atoms with E-state index in [2.05, 4.69) is 0 Å². The minimum atomic E-state index is -1.33. The van der Waals surface area contributed by atoms with Gasteiger partial charge in [0.25, 0.3) is 0 Å². The van der Waals surface area contributed by atoms with Gasteiger partial charge in [0.05, 0.1) is 10.4 Å². The maximum Gasteiger partial charge on any atom is 0.314 e. The van der Waals surface area contributed by atoms with E-state index in [1.165, 1.54) is 12.1 Å². The molecule has 0 aromatic heterocycles. The first kappa shape index (κ1) is 12.2. The summed E-state index contributed by atoms with van der Waals surface area (Å²) in [7, 11) is 0. The van der Waals surface area contributed by atoms with Gasteiger partial charge in [0, 0.05) is 5.56 Å². The summed E-state index contributed by atoms with van der Waals surface area (Å²) in [6.07, 6.45) is 2.07. The first-order valence-corrected chi connectivity index (χ1v) is 5.78. The fraction of sp³-hybridized carbons (Fsp3) is 0.417. The van der Waals surface area contributed by atoms with Gasteiger partial charge >= 0.3 is 5.97 Å². The van der Waals surface area contributed by atoms with Gasteiger partial charge < -0.3 is 10.2 Å². The van der Waals surface area contributed by atoms with E-state index in [0.29, 0.717) is 25.7 Å². The number of halogens is 2. The monoisotopic (exact) mass is 258 g/mol. The molecule has 0 bridgehead atoms. The molecule has 17 heavy (non-hydrogen) atoms. The van der Waals surface area contributed by atoms with Crippen LogP contribution in [-0.4, -0.2) is 16.2 Å². The largest absolute Gasteiger partial charge is 0.508 e. The van der Waals surface area contributed by atoms with Crippen molar-refractivity contribution in [3.8, 4) is 5.75 Å². The van der Waals surface area contributed by atoms with Crippen molar-refractivity contribution in [1.82, 2.24) is 0 Å². The molecular weight excluding hydrogens is 247 g/mol. The Kier molecular flexibility index (Phi) is 3.00. The molecule has 1 aromatic carbocycles. The lowest BCUT2D eigenvalue weighted by Crippen LogP contribution is -2.33. The molecule has 0 saturated heterocycles. The minimum Gasteiger partial charge on any atom is -0.508 e. The van der Waals surface area contributed by atoms with Crippen LogP contribution in [0.1, 0.15) is 31.2 Å². The van der Waals surface area contributed by atoms with E-state index in [4.69, 9.17) is 11.6 Å². The topological polar surface area (TPSA) is 57.5 Å². The van der Waals surface area contributed by atoms with E-state index < -0.39 is 17.2 Å². The van der Waals surface area contributed by atoms with Crippen molar-refractivity contribution in [3.05, 3.63) is 28.5 Å². The zero-order valence-electron chi connectivity index (χ0n) is 9.04. The third-order valence-electron chi connectivity index (χ3n) is 3.42. The van der Waals surface area contributed by atoms with Gasteiger partial charge in [-0.3, -0.25) is 4.79 Å². The van der Waals surface area contributed by atoms with Crippen molar-refractivity contribution in [3.63, 3.8) is 0 Å². The van der Waals surface area contributed by atoms with Gasteiger partial charge in [-0.25, -0.2) is 4.39 Å². The lowest BCUT2D eigenvalue weighted by atomic mass is 9.78. The van der Waals surface area contributed by atoms with Crippen LogP contribution in [0.4, 0.5) is 4.39 Å². The van der Waals surface area contributed by atoms with Crippen LogP contribution in [0.15, 0.2) is 12.1 Å². The van der Waals surface area contributed by atoms with Gasteiger partial charge in [0.15, 0.2) is 0 Å². The summed E-state index contributed by atoms with van der Waals surface area (Å²) in [5, 5.41) is 18.9. The Morgan fingerprint density at radius 1 is 1.35 bits per heavy atom. The van der Waals surface area contributed by atoms with Crippen LogP contribution in [-0.2, 0) is 10.2 Å². The lowest BCUT2D eigenvalue weighted by Gasteiger charge is -2.25. The molecule has 5 heteroatoms. The number of aromatic hydroxyl groups is 1. The highest BCUT2D eigenvalue weighted by Crippen LogP contribution is 2.46. The first-order chi connectivity index (χ1) is 7.99. The van der Waals surface area contributed by atoms with E-state index in [9.17, 15) is 19.4 Å². The molecule has 1 saturated carbocycles. The number of hydrogen-bond acceptors (Lipinski definition) is 2. The normalized spacial score (nSPS) is 18.2. The fourth-order valence-corrected chi connectivity index (χ4v) is 2.70. The number of carbonyl (C=O) groups is 1. The predicted molar refractivity (Wildman–Crippen MR) is 60.9 cm³/mol. The third kappa shape index (κ3) is 1.76. The third-order valence-corrected chi connectivity index (χ3v) is 3.71. The van der Waals surface area contributed by atoms with Crippen molar-refractivity contribution in [2.24, 2.45) is 0 Å². The Balaban J connectivity index is 2.66. The van der Waals surface area contributed by atoms with E-state index in [0.717, 1.165) is 0 Å². The number of rotatable bonds is 2. The minimum absolute atomic E-state index is 0.162. The van der Waals surface area contributed by atoms with E-state index >= 15 is 0 Å². The van der Waals surface area contributed by atoms with Crippen LogP contribution in [0.2, 0.25) is 5.02 Å². The number of phenolic OH excluding ortho intramolecular Hbond substituents is 1. The van der Waals surface area contributed by atoms with Crippen LogP contribution >= 0.6 is 11.6 Å². The molecule has 92 valence electrons. The van der Waals surface area contributed by atoms with Crippen molar-refractivity contribution in [1.29, 1.82) is 0 Å². The van der Waals surface area contributed by atoms with Crippen LogP contribution in [0, 0.1) is 5.82 Å². The van der Waals surface area contributed by atoms with Gasteiger partial charge in [0.2, 0.25) is 0 Å². The highest BCUT2D eigenvalue weighted by atomic mass is 35.5. The predicted octanol–water partition coefficient (Wildman–Crippen LogP) is 3.08. The first-order valence-electron chi connectivity index (χ1n) is 5.40.